The maximum atomic E-state index is 12.0. The van der Waals surface area contributed by atoms with Crippen molar-refractivity contribution in [2.75, 3.05) is 26.3 Å². The summed E-state index contributed by atoms with van der Waals surface area (Å²) in [5, 5.41) is 26.7. The number of esters is 2. The van der Waals surface area contributed by atoms with Crippen LogP contribution in [0, 0.1) is 34.1 Å². The number of nitrogens with one attached hydrogen (secondary N) is 2. The normalized spacial score (nSPS) is 10.2. The Kier molecular flexibility index (Phi) is 9.54. The summed E-state index contributed by atoms with van der Waals surface area (Å²) in [4.78, 5) is 68.2. The molecule has 0 saturated carbocycles. The summed E-state index contributed by atoms with van der Waals surface area (Å²) in [6, 6.07) is 7.56. The maximum absolute atomic E-state index is 12.0. The van der Waals surface area contributed by atoms with Gasteiger partial charge >= 0.3 is 11.9 Å². The Bertz CT molecular complexity index is 1120. The first-order chi connectivity index (χ1) is 17.0. The van der Waals surface area contributed by atoms with Crippen LogP contribution in [-0.2, 0) is 19.1 Å². The van der Waals surface area contributed by atoms with Gasteiger partial charge in [-0.1, -0.05) is 12.1 Å². The number of hydrogen-bond acceptors (Lipinski definition) is 10. The molecule has 14 heteroatoms. The fraction of sp³-hybridized carbons (Fsp3) is 0.273. The number of nitrogens with zero attached hydrogens (tertiary/aromatic N) is 2. The lowest BCUT2D eigenvalue weighted by molar-refractivity contribution is -0.385. The van der Waals surface area contributed by atoms with Crippen molar-refractivity contribution >= 4 is 35.1 Å². The topological polar surface area (TPSA) is 197 Å². The highest BCUT2D eigenvalue weighted by Gasteiger charge is 2.18. The lowest BCUT2D eigenvalue weighted by Gasteiger charge is -2.09. The van der Waals surface area contributed by atoms with E-state index in [1.165, 1.54) is 38.1 Å². The second-order valence-electron chi connectivity index (χ2n) is 7.37. The number of nitro benzene ring substituents is 2. The number of carbonyl (C=O) groups is 4. The maximum Gasteiger partial charge on any atom is 0.338 e. The third kappa shape index (κ3) is 7.86. The number of rotatable bonds is 11. The fourth-order valence-electron chi connectivity index (χ4n) is 2.80. The lowest BCUT2D eigenvalue weighted by Crippen LogP contribution is -2.38. The van der Waals surface area contributed by atoms with Crippen LogP contribution in [0.25, 0.3) is 0 Å². The quantitative estimate of drug-likeness (QED) is 0.196. The van der Waals surface area contributed by atoms with Gasteiger partial charge in [0.25, 0.3) is 23.2 Å². The van der Waals surface area contributed by atoms with E-state index in [1.807, 2.05) is 0 Å². The van der Waals surface area contributed by atoms with E-state index < -0.39 is 46.8 Å². The van der Waals surface area contributed by atoms with E-state index >= 15 is 0 Å². The molecule has 0 saturated heterocycles. The van der Waals surface area contributed by atoms with Crippen LogP contribution in [0.4, 0.5) is 11.4 Å². The van der Waals surface area contributed by atoms with Crippen molar-refractivity contribution < 1.29 is 38.5 Å². The van der Waals surface area contributed by atoms with Gasteiger partial charge < -0.3 is 20.1 Å². The van der Waals surface area contributed by atoms with E-state index in [4.69, 9.17) is 9.47 Å². The van der Waals surface area contributed by atoms with Gasteiger partial charge in [0, 0.05) is 36.3 Å². The molecule has 0 bridgehead atoms. The highest BCUT2D eigenvalue weighted by atomic mass is 16.6. The smallest absolute Gasteiger partial charge is 0.338 e. The third-order valence-corrected chi connectivity index (χ3v) is 4.72. The Morgan fingerprint density at radius 1 is 0.722 bits per heavy atom. The minimum atomic E-state index is -0.915. The van der Waals surface area contributed by atoms with Crippen molar-refractivity contribution in [2.24, 2.45) is 0 Å². The first-order valence-electron chi connectivity index (χ1n) is 10.4. The first kappa shape index (κ1) is 27.4. The minimum absolute atomic E-state index is 0.0315. The Labute approximate surface area is 203 Å². The van der Waals surface area contributed by atoms with Gasteiger partial charge in [0.15, 0.2) is 13.2 Å². The van der Waals surface area contributed by atoms with Crippen molar-refractivity contribution in [3.05, 3.63) is 78.9 Å². The molecule has 0 heterocycles. The van der Waals surface area contributed by atoms with Crippen LogP contribution in [0.15, 0.2) is 36.4 Å². The Morgan fingerprint density at radius 2 is 1.08 bits per heavy atom. The van der Waals surface area contributed by atoms with E-state index in [9.17, 15) is 39.4 Å². The zero-order chi connectivity index (χ0) is 26.8. The molecule has 0 aliphatic carbocycles. The minimum Gasteiger partial charge on any atom is -0.452 e. The summed E-state index contributed by atoms with van der Waals surface area (Å²) in [6.45, 7) is 1.68. The zero-order valence-electron chi connectivity index (χ0n) is 19.3. The van der Waals surface area contributed by atoms with Gasteiger partial charge in [-0.05, 0) is 26.0 Å². The molecule has 0 radical (unpaired) electrons. The summed E-state index contributed by atoms with van der Waals surface area (Å²) < 4.78 is 9.64. The lowest BCUT2D eigenvalue weighted by atomic mass is 10.1. The summed E-state index contributed by atoms with van der Waals surface area (Å²) in [6.07, 6.45) is 0. The molecule has 36 heavy (non-hydrogen) atoms. The summed E-state index contributed by atoms with van der Waals surface area (Å²) in [5.41, 5.74) is 0.0609. The number of nitro groups is 2. The molecule has 0 aliphatic heterocycles. The van der Waals surface area contributed by atoms with Crippen LogP contribution in [0.1, 0.15) is 31.8 Å². The predicted molar refractivity (Wildman–Crippen MR) is 122 cm³/mol. The molecule has 0 aliphatic rings. The van der Waals surface area contributed by atoms with Crippen LogP contribution < -0.4 is 10.6 Å². The van der Waals surface area contributed by atoms with Gasteiger partial charge in [0.2, 0.25) is 0 Å². The van der Waals surface area contributed by atoms with Crippen LogP contribution in [0.5, 0.6) is 0 Å². The molecular weight excluding hydrogens is 480 g/mol. The molecule has 0 unspecified atom stereocenters. The molecule has 190 valence electrons. The molecule has 0 fully saturated rings. The van der Waals surface area contributed by atoms with Crippen molar-refractivity contribution in [1.29, 1.82) is 0 Å². The number of amides is 2. The van der Waals surface area contributed by atoms with Gasteiger partial charge in [0.05, 0.1) is 21.0 Å². The average Bonchev–Trinajstić information content (AvgIpc) is 2.83. The van der Waals surface area contributed by atoms with Crippen molar-refractivity contribution in [3.8, 4) is 0 Å². The largest absolute Gasteiger partial charge is 0.452 e. The van der Waals surface area contributed by atoms with Gasteiger partial charge in [0.1, 0.15) is 0 Å². The Morgan fingerprint density at radius 3 is 1.42 bits per heavy atom. The molecule has 0 spiro atoms. The second kappa shape index (κ2) is 12.5. The van der Waals surface area contributed by atoms with Crippen LogP contribution >= 0.6 is 0 Å². The number of benzene rings is 2. The molecule has 2 amide bonds. The van der Waals surface area contributed by atoms with Gasteiger partial charge in [-0.25, -0.2) is 9.59 Å². The van der Waals surface area contributed by atoms with E-state index in [-0.39, 0.29) is 35.6 Å². The van der Waals surface area contributed by atoms with Gasteiger partial charge in [-0.3, -0.25) is 29.8 Å². The fourth-order valence-corrected chi connectivity index (χ4v) is 2.80. The summed E-state index contributed by atoms with van der Waals surface area (Å²) >= 11 is 0. The predicted octanol–water partition coefficient (Wildman–Crippen LogP) is 1.37. The second-order valence-corrected chi connectivity index (χ2v) is 7.37. The van der Waals surface area contributed by atoms with Crippen LogP contribution in [-0.4, -0.2) is 59.9 Å². The Balaban J connectivity index is 1.68. The van der Waals surface area contributed by atoms with Crippen LogP contribution in [0.3, 0.4) is 0 Å². The summed E-state index contributed by atoms with van der Waals surface area (Å²) in [7, 11) is 0. The van der Waals surface area contributed by atoms with Crippen molar-refractivity contribution in [1.82, 2.24) is 10.6 Å². The van der Waals surface area contributed by atoms with Crippen molar-refractivity contribution in [3.63, 3.8) is 0 Å². The number of ether oxygens (including phenoxy) is 2. The molecule has 2 N–H and O–H groups in total. The van der Waals surface area contributed by atoms with E-state index in [0.29, 0.717) is 11.1 Å². The first-order valence-corrected chi connectivity index (χ1v) is 10.4. The number of carbonyl (C=O) groups excluding carboxylic acids is 4. The van der Waals surface area contributed by atoms with Crippen LogP contribution in [0.2, 0.25) is 0 Å². The molecule has 2 rings (SSSR count). The van der Waals surface area contributed by atoms with Gasteiger partial charge in [-0.15, -0.1) is 0 Å². The molecule has 14 nitrogen and oxygen atoms in total. The monoisotopic (exact) mass is 502 g/mol. The van der Waals surface area contributed by atoms with E-state index in [2.05, 4.69) is 10.6 Å². The van der Waals surface area contributed by atoms with E-state index in [1.54, 1.807) is 0 Å². The highest BCUT2D eigenvalue weighted by Crippen LogP contribution is 2.20. The molecular formula is C22H22N4O10. The summed E-state index contributed by atoms with van der Waals surface area (Å²) in [5.74, 6) is -3.18. The highest BCUT2D eigenvalue weighted by molar-refractivity contribution is 5.93. The molecule has 2 aromatic carbocycles. The molecule has 0 atom stereocenters. The Hall–Kier alpha value is -4.88. The zero-order valence-corrected chi connectivity index (χ0v) is 19.3. The average molecular weight is 502 g/mol. The van der Waals surface area contributed by atoms with E-state index in [0.717, 1.165) is 12.1 Å². The SMILES string of the molecule is Cc1ccc(C(=O)OCC(=O)NCCNC(=O)COC(=O)c2ccc(C)c([N+](=O)[O-])c2)cc1[N+](=O)[O-]. The molecule has 0 aromatic heterocycles. The van der Waals surface area contributed by atoms with Gasteiger partial charge in [-0.2, -0.15) is 0 Å². The number of hydrogen-bond donors (Lipinski definition) is 2. The standard InChI is InChI=1S/C22H22N4O10/c1-13-3-5-15(9-17(13)25(31)32)21(29)35-11-19(27)23-7-8-24-20(28)12-36-22(30)16-6-4-14(2)18(10-16)26(33)34/h3-6,9-10H,7-8,11-12H2,1-2H3,(H,23,27)(H,24,28). The molecule has 2 aromatic rings. The van der Waals surface area contributed by atoms with Crippen molar-refractivity contribution in [2.45, 2.75) is 13.8 Å². The third-order valence-electron chi connectivity index (χ3n) is 4.72. The number of aryl methyl sites for hydroxylation is 2.